The van der Waals surface area contributed by atoms with Gasteiger partial charge < -0.3 is 15.2 Å². The molecule has 0 amide bonds. The predicted molar refractivity (Wildman–Crippen MR) is 62.1 cm³/mol. The van der Waals surface area contributed by atoms with E-state index < -0.39 is 0 Å². The van der Waals surface area contributed by atoms with Gasteiger partial charge in [-0.1, -0.05) is 12.8 Å². The zero-order chi connectivity index (χ0) is 11.6. The summed E-state index contributed by atoms with van der Waals surface area (Å²) in [5, 5.41) is 0. The number of carbonyl (C=O) groups is 1. The molecule has 1 heterocycles. The first kappa shape index (κ1) is 13.5. The Labute approximate surface area is 97.5 Å². The van der Waals surface area contributed by atoms with Crippen LogP contribution in [0.4, 0.5) is 0 Å². The van der Waals surface area contributed by atoms with E-state index in [2.05, 4.69) is 0 Å². The van der Waals surface area contributed by atoms with Gasteiger partial charge in [-0.2, -0.15) is 0 Å². The van der Waals surface area contributed by atoms with Gasteiger partial charge in [-0.3, -0.25) is 4.79 Å². The van der Waals surface area contributed by atoms with Gasteiger partial charge in [0.2, 0.25) is 0 Å². The van der Waals surface area contributed by atoms with Crippen LogP contribution in [-0.2, 0) is 14.3 Å². The lowest BCUT2D eigenvalue weighted by Gasteiger charge is -2.09. The van der Waals surface area contributed by atoms with Crippen molar-refractivity contribution in [2.24, 2.45) is 5.73 Å². The zero-order valence-electron chi connectivity index (χ0n) is 9.95. The maximum Gasteiger partial charge on any atom is 0.305 e. The summed E-state index contributed by atoms with van der Waals surface area (Å²) in [6, 6.07) is 0. The van der Waals surface area contributed by atoms with Crippen LogP contribution in [0.2, 0.25) is 0 Å². The van der Waals surface area contributed by atoms with Crippen LogP contribution in [-0.4, -0.2) is 31.8 Å². The highest BCUT2D eigenvalue weighted by Gasteiger charge is 2.17. The average Bonchev–Trinajstić information content (AvgIpc) is 2.79. The Balaban J connectivity index is 1.90. The summed E-state index contributed by atoms with van der Waals surface area (Å²) in [5.41, 5.74) is 5.38. The van der Waals surface area contributed by atoms with Crippen LogP contribution < -0.4 is 5.73 Å². The number of ether oxygens (including phenoxy) is 2. The molecule has 1 fully saturated rings. The Morgan fingerprint density at radius 2 is 2.12 bits per heavy atom. The third-order valence-electron chi connectivity index (χ3n) is 2.79. The van der Waals surface area contributed by atoms with E-state index >= 15 is 0 Å². The molecular weight excluding hydrogens is 206 g/mol. The molecule has 0 saturated carbocycles. The van der Waals surface area contributed by atoms with Gasteiger partial charge in [0.05, 0.1) is 6.10 Å². The predicted octanol–water partition coefficient (Wildman–Crippen LogP) is 1.62. The molecule has 0 aromatic heterocycles. The Morgan fingerprint density at radius 3 is 2.81 bits per heavy atom. The minimum atomic E-state index is -0.0942. The van der Waals surface area contributed by atoms with E-state index in [-0.39, 0.29) is 12.1 Å². The van der Waals surface area contributed by atoms with Crippen LogP contribution in [0.15, 0.2) is 0 Å². The molecule has 1 aliphatic rings. The highest BCUT2D eigenvalue weighted by molar-refractivity contribution is 5.69. The first-order valence-corrected chi connectivity index (χ1v) is 6.30. The largest absolute Gasteiger partial charge is 0.463 e. The summed E-state index contributed by atoms with van der Waals surface area (Å²) in [5.74, 6) is -0.0942. The van der Waals surface area contributed by atoms with Crippen LogP contribution in [0, 0.1) is 0 Å². The third kappa shape index (κ3) is 6.08. The summed E-state index contributed by atoms with van der Waals surface area (Å²) >= 11 is 0. The van der Waals surface area contributed by atoms with Gasteiger partial charge in [0.25, 0.3) is 0 Å². The molecule has 0 aromatic carbocycles. The highest BCUT2D eigenvalue weighted by Crippen LogP contribution is 2.12. The molecule has 4 heteroatoms. The molecular formula is C12H23NO3. The number of hydrogen-bond donors (Lipinski definition) is 1. The normalized spacial score (nSPS) is 19.9. The van der Waals surface area contributed by atoms with Crippen molar-refractivity contribution in [2.45, 2.75) is 51.0 Å². The van der Waals surface area contributed by atoms with Crippen molar-refractivity contribution in [1.82, 2.24) is 0 Å². The average molecular weight is 229 g/mol. The number of hydrogen-bond acceptors (Lipinski definition) is 4. The van der Waals surface area contributed by atoms with Gasteiger partial charge in [0, 0.05) is 13.0 Å². The number of unbranched alkanes of at least 4 members (excludes halogenated alkanes) is 3. The molecule has 0 aliphatic carbocycles. The van der Waals surface area contributed by atoms with E-state index in [4.69, 9.17) is 15.2 Å². The Hall–Kier alpha value is -0.610. The van der Waals surface area contributed by atoms with Crippen LogP contribution >= 0.6 is 0 Å². The zero-order valence-corrected chi connectivity index (χ0v) is 9.95. The molecule has 1 atom stereocenters. The molecule has 94 valence electrons. The first-order valence-electron chi connectivity index (χ1n) is 6.30. The van der Waals surface area contributed by atoms with Crippen molar-refractivity contribution in [3.05, 3.63) is 0 Å². The van der Waals surface area contributed by atoms with Crippen molar-refractivity contribution < 1.29 is 14.3 Å². The molecule has 0 aromatic rings. The topological polar surface area (TPSA) is 61.6 Å². The fourth-order valence-corrected chi connectivity index (χ4v) is 1.80. The lowest BCUT2D eigenvalue weighted by molar-refractivity contribution is -0.147. The Kier molecular flexibility index (Phi) is 7.17. The smallest absolute Gasteiger partial charge is 0.305 e. The van der Waals surface area contributed by atoms with Gasteiger partial charge in [-0.15, -0.1) is 0 Å². The summed E-state index contributed by atoms with van der Waals surface area (Å²) < 4.78 is 10.5. The molecule has 1 rings (SSSR count). The van der Waals surface area contributed by atoms with E-state index in [0.29, 0.717) is 13.0 Å². The Morgan fingerprint density at radius 1 is 1.31 bits per heavy atom. The lowest BCUT2D eigenvalue weighted by atomic mass is 10.1. The fourth-order valence-electron chi connectivity index (χ4n) is 1.80. The minimum Gasteiger partial charge on any atom is -0.463 e. The summed E-state index contributed by atoms with van der Waals surface area (Å²) in [6.07, 6.45) is 6.89. The second-order valence-corrected chi connectivity index (χ2v) is 4.27. The standard InChI is InChI=1S/C12H23NO3/c13-8-4-2-1-3-7-12(14)16-10-11-6-5-9-15-11/h11H,1-10,13H2. The van der Waals surface area contributed by atoms with Crippen molar-refractivity contribution in [3.8, 4) is 0 Å². The van der Waals surface area contributed by atoms with Crippen molar-refractivity contribution in [2.75, 3.05) is 19.8 Å². The fraction of sp³-hybridized carbons (Fsp3) is 0.917. The van der Waals surface area contributed by atoms with Crippen LogP contribution in [0.1, 0.15) is 44.9 Å². The summed E-state index contributed by atoms with van der Waals surface area (Å²) in [4.78, 5) is 11.3. The SMILES string of the molecule is NCCCCCCC(=O)OCC1CCCO1. The van der Waals surface area contributed by atoms with Gasteiger partial charge in [-0.05, 0) is 32.2 Å². The van der Waals surface area contributed by atoms with E-state index in [1.807, 2.05) is 0 Å². The second kappa shape index (κ2) is 8.53. The molecule has 1 aliphatic heterocycles. The molecule has 2 N–H and O–H groups in total. The van der Waals surface area contributed by atoms with Crippen molar-refractivity contribution in [1.29, 1.82) is 0 Å². The Bertz CT molecular complexity index is 191. The number of esters is 1. The van der Waals surface area contributed by atoms with Gasteiger partial charge in [0.1, 0.15) is 6.61 Å². The first-order chi connectivity index (χ1) is 7.83. The van der Waals surface area contributed by atoms with Crippen LogP contribution in [0.3, 0.4) is 0 Å². The summed E-state index contributed by atoms with van der Waals surface area (Å²) in [6.45, 7) is 1.98. The van der Waals surface area contributed by atoms with E-state index in [1.54, 1.807) is 0 Å². The number of nitrogens with two attached hydrogens (primary N) is 1. The van der Waals surface area contributed by atoms with Crippen molar-refractivity contribution in [3.63, 3.8) is 0 Å². The van der Waals surface area contributed by atoms with E-state index in [0.717, 1.165) is 51.7 Å². The second-order valence-electron chi connectivity index (χ2n) is 4.27. The van der Waals surface area contributed by atoms with Gasteiger partial charge in [0.15, 0.2) is 0 Å². The molecule has 1 saturated heterocycles. The molecule has 0 radical (unpaired) electrons. The quantitative estimate of drug-likeness (QED) is 0.507. The van der Waals surface area contributed by atoms with Crippen molar-refractivity contribution >= 4 is 5.97 Å². The molecule has 0 bridgehead atoms. The number of rotatable bonds is 8. The number of carbonyl (C=O) groups excluding carboxylic acids is 1. The highest BCUT2D eigenvalue weighted by atomic mass is 16.6. The van der Waals surface area contributed by atoms with Gasteiger partial charge in [-0.25, -0.2) is 0 Å². The van der Waals surface area contributed by atoms with Crippen LogP contribution in [0.5, 0.6) is 0 Å². The summed E-state index contributed by atoms with van der Waals surface area (Å²) in [7, 11) is 0. The van der Waals surface area contributed by atoms with E-state index in [9.17, 15) is 4.79 Å². The minimum absolute atomic E-state index is 0.0942. The van der Waals surface area contributed by atoms with E-state index in [1.165, 1.54) is 0 Å². The van der Waals surface area contributed by atoms with Gasteiger partial charge >= 0.3 is 5.97 Å². The van der Waals surface area contributed by atoms with Crippen LogP contribution in [0.25, 0.3) is 0 Å². The third-order valence-corrected chi connectivity index (χ3v) is 2.79. The monoisotopic (exact) mass is 229 g/mol. The molecule has 0 spiro atoms. The lowest BCUT2D eigenvalue weighted by Crippen LogP contribution is -2.17. The molecule has 1 unspecified atom stereocenters. The molecule has 4 nitrogen and oxygen atoms in total. The molecule has 16 heavy (non-hydrogen) atoms. The maximum absolute atomic E-state index is 11.3. The maximum atomic E-state index is 11.3.